The van der Waals surface area contributed by atoms with Crippen LogP contribution in [0.4, 0.5) is 0 Å². The fraction of sp³-hybridized carbons (Fsp3) is 0.250. The minimum atomic E-state index is 0.00806. The molecule has 1 aromatic carbocycles. The van der Waals surface area contributed by atoms with Gasteiger partial charge in [0.2, 0.25) is 5.78 Å². The molecule has 0 atom stereocenters. The fourth-order valence-corrected chi connectivity index (χ4v) is 1.63. The Bertz CT molecular complexity index is 391. The smallest absolute Gasteiger partial charge is 0.227 e. The minimum Gasteiger partial charge on any atom is -0.490 e. The average Bonchev–Trinajstić information content (AvgIpc) is 2.23. The topological polar surface area (TPSA) is 26.3 Å². The molecule has 0 saturated carbocycles. The lowest BCUT2D eigenvalue weighted by atomic mass is 9.95. The average molecular weight is 188 g/mol. The van der Waals surface area contributed by atoms with E-state index in [0.29, 0.717) is 12.4 Å². The summed E-state index contributed by atoms with van der Waals surface area (Å²) in [6.07, 6.45) is 2.64. The number of Topliss-reactive ketones (excluding diaryl/α,β-unsaturated/α-hetero) is 1. The van der Waals surface area contributed by atoms with Gasteiger partial charge in [0, 0.05) is 5.56 Å². The second kappa shape index (κ2) is 3.66. The predicted octanol–water partition coefficient (Wildman–Crippen LogP) is 2.35. The van der Waals surface area contributed by atoms with E-state index < -0.39 is 0 Å². The van der Waals surface area contributed by atoms with Gasteiger partial charge in [-0.15, -0.1) is 0 Å². The van der Waals surface area contributed by atoms with Gasteiger partial charge in [0.05, 0.1) is 6.61 Å². The van der Waals surface area contributed by atoms with Crippen LogP contribution in [-0.2, 0) is 11.2 Å². The molecule has 0 N–H and O–H groups in total. The van der Waals surface area contributed by atoms with Crippen molar-refractivity contribution in [3.05, 3.63) is 47.2 Å². The Kier molecular flexibility index (Phi) is 2.35. The normalized spacial score (nSPS) is 14.6. The van der Waals surface area contributed by atoms with E-state index in [1.807, 2.05) is 37.3 Å². The highest BCUT2D eigenvalue weighted by molar-refractivity contribution is 6.09. The summed E-state index contributed by atoms with van der Waals surface area (Å²) >= 11 is 0. The van der Waals surface area contributed by atoms with E-state index in [2.05, 4.69) is 0 Å². The number of ketones is 1. The number of rotatable bonds is 2. The molecule has 1 aliphatic rings. The first-order valence-electron chi connectivity index (χ1n) is 4.78. The molecule has 2 heteroatoms. The third kappa shape index (κ3) is 1.43. The lowest BCUT2D eigenvalue weighted by Crippen LogP contribution is -2.14. The summed E-state index contributed by atoms with van der Waals surface area (Å²) in [6.45, 7) is 2.42. The number of carbonyl (C=O) groups is 1. The summed E-state index contributed by atoms with van der Waals surface area (Å²) in [7, 11) is 0. The van der Waals surface area contributed by atoms with Crippen LogP contribution in [-0.4, -0.2) is 12.4 Å². The molecule has 14 heavy (non-hydrogen) atoms. The molecule has 0 heterocycles. The molecular weight excluding hydrogens is 176 g/mol. The number of allylic oxidation sites excluding steroid dienone is 2. The van der Waals surface area contributed by atoms with Crippen molar-refractivity contribution in [2.45, 2.75) is 13.3 Å². The molecule has 0 fully saturated rings. The van der Waals surface area contributed by atoms with Crippen LogP contribution in [0.15, 0.2) is 36.1 Å². The van der Waals surface area contributed by atoms with Gasteiger partial charge in [0.15, 0.2) is 5.76 Å². The Morgan fingerprint density at radius 3 is 2.93 bits per heavy atom. The van der Waals surface area contributed by atoms with Gasteiger partial charge in [-0.05, 0) is 25.0 Å². The van der Waals surface area contributed by atoms with Crippen LogP contribution >= 0.6 is 0 Å². The maximum absolute atomic E-state index is 11.8. The molecule has 2 rings (SSSR count). The molecular formula is C12H12O2. The van der Waals surface area contributed by atoms with Crippen molar-refractivity contribution < 1.29 is 9.53 Å². The Balaban J connectivity index is 2.35. The van der Waals surface area contributed by atoms with E-state index in [1.54, 1.807) is 0 Å². The SMILES string of the molecule is CCOC1=CCc2ccccc2C1=O. The highest BCUT2D eigenvalue weighted by atomic mass is 16.5. The van der Waals surface area contributed by atoms with Gasteiger partial charge in [0.1, 0.15) is 0 Å². The van der Waals surface area contributed by atoms with Gasteiger partial charge in [0.25, 0.3) is 0 Å². The van der Waals surface area contributed by atoms with Crippen LogP contribution in [0.2, 0.25) is 0 Å². The minimum absolute atomic E-state index is 0.00806. The first-order valence-corrected chi connectivity index (χ1v) is 4.78. The van der Waals surface area contributed by atoms with Gasteiger partial charge in [-0.25, -0.2) is 0 Å². The number of hydrogen-bond donors (Lipinski definition) is 0. The molecule has 0 radical (unpaired) electrons. The zero-order valence-electron chi connectivity index (χ0n) is 8.12. The second-order valence-corrected chi connectivity index (χ2v) is 3.19. The third-order valence-electron chi connectivity index (χ3n) is 2.29. The molecule has 0 aliphatic heterocycles. The number of carbonyl (C=O) groups excluding carboxylic acids is 1. The molecule has 1 aliphatic carbocycles. The Morgan fingerprint density at radius 1 is 1.36 bits per heavy atom. The summed E-state index contributed by atoms with van der Waals surface area (Å²) in [5.41, 5.74) is 1.86. The van der Waals surface area contributed by atoms with Crippen molar-refractivity contribution in [2.24, 2.45) is 0 Å². The van der Waals surface area contributed by atoms with Crippen molar-refractivity contribution in [3.63, 3.8) is 0 Å². The maximum Gasteiger partial charge on any atom is 0.227 e. The van der Waals surface area contributed by atoms with Gasteiger partial charge in [-0.1, -0.05) is 24.3 Å². The van der Waals surface area contributed by atoms with Crippen molar-refractivity contribution in [1.82, 2.24) is 0 Å². The van der Waals surface area contributed by atoms with E-state index in [1.165, 1.54) is 0 Å². The standard InChI is InChI=1S/C12H12O2/c1-2-14-11-8-7-9-5-3-4-6-10(9)12(11)13/h3-6,8H,2,7H2,1H3. The molecule has 72 valence electrons. The zero-order chi connectivity index (χ0) is 9.97. The van der Waals surface area contributed by atoms with E-state index >= 15 is 0 Å². The van der Waals surface area contributed by atoms with Crippen LogP contribution in [0.5, 0.6) is 0 Å². The van der Waals surface area contributed by atoms with Crippen LogP contribution < -0.4 is 0 Å². The highest BCUT2D eigenvalue weighted by Gasteiger charge is 2.20. The lowest BCUT2D eigenvalue weighted by Gasteiger charge is -2.15. The van der Waals surface area contributed by atoms with Crippen LogP contribution in [0.25, 0.3) is 0 Å². The van der Waals surface area contributed by atoms with Gasteiger partial charge >= 0.3 is 0 Å². The fourth-order valence-electron chi connectivity index (χ4n) is 1.63. The summed E-state index contributed by atoms with van der Waals surface area (Å²) in [5.74, 6) is 0.500. The number of ether oxygens (including phenoxy) is 1. The molecule has 0 amide bonds. The molecule has 0 bridgehead atoms. The molecule has 1 aromatic rings. The van der Waals surface area contributed by atoms with E-state index in [4.69, 9.17) is 4.74 Å². The van der Waals surface area contributed by atoms with E-state index in [9.17, 15) is 4.79 Å². The number of hydrogen-bond acceptors (Lipinski definition) is 2. The summed E-state index contributed by atoms with van der Waals surface area (Å²) in [6, 6.07) is 7.66. The largest absolute Gasteiger partial charge is 0.490 e. The lowest BCUT2D eigenvalue weighted by molar-refractivity contribution is 0.0920. The summed E-state index contributed by atoms with van der Waals surface area (Å²) in [4.78, 5) is 11.8. The summed E-state index contributed by atoms with van der Waals surface area (Å²) < 4.78 is 5.26. The van der Waals surface area contributed by atoms with Gasteiger partial charge in [-0.2, -0.15) is 0 Å². The van der Waals surface area contributed by atoms with Crippen molar-refractivity contribution in [2.75, 3.05) is 6.61 Å². The molecule has 0 unspecified atom stereocenters. The predicted molar refractivity (Wildman–Crippen MR) is 54.2 cm³/mol. The molecule has 2 nitrogen and oxygen atoms in total. The number of fused-ring (bicyclic) bond motifs is 1. The number of benzene rings is 1. The second-order valence-electron chi connectivity index (χ2n) is 3.19. The first kappa shape index (κ1) is 9.00. The Morgan fingerprint density at radius 2 is 2.14 bits per heavy atom. The first-order chi connectivity index (χ1) is 6.83. The highest BCUT2D eigenvalue weighted by Crippen LogP contribution is 2.21. The monoisotopic (exact) mass is 188 g/mol. The van der Waals surface area contributed by atoms with Crippen LogP contribution in [0.3, 0.4) is 0 Å². The van der Waals surface area contributed by atoms with E-state index in [-0.39, 0.29) is 5.78 Å². The van der Waals surface area contributed by atoms with Crippen molar-refractivity contribution in [3.8, 4) is 0 Å². The molecule has 0 spiro atoms. The van der Waals surface area contributed by atoms with Crippen LogP contribution in [0.1, 0.15) is 22.8 Å². The molecule has 0 aromatic heterocycles. The Labute approximate surface area is 83.2 Å². The third-order valence-corrected chi connectivity index (χ3v) is 2.29. The summed E-state index contributed by atoms with van der Waals surface area (Å²) in [5, 5.41) is 0. The van der Waals surface area contributed by atoms with Crippen molar-refractivity contribution in [1.29, 1.82) is 0 Å². The van der Waals surface area contributed by atoms with Crippen molar-refractivity contribution >= 4 is 5.78 Å². The van der Waals surface area contributed by atoms with Crippen LogP contribution in [0, 0.1) is 0 Å². The van der Waals surface area contributed by atoms with Gasteiger partial charge in [-0.3, -0.25) is 4.79 Å². The maximum atomic E-state index is 11.8. The van der Waals surface area contributed by atoms with E-state index in [0.717, 1.165) is 17.5 Å². The van der Waals surface area contributed by atoms with Gasteiger partial charge < -0.3 is 4.74 Å². The zero-order valence-corrected chi connectivity index (χ0v) is 8.12. The quantitative estimate of drug-likeness (QED) is 0.712. The Hall–Kier alpha value is -1.57. The molecule has 0 saturated heterocycles.